The second-order valence-electron chi connectivity index (χ2n) is 5.68. The van der Waals surface area contributed by atoms with E-state index in [1.54, 1.807) is 0 Å². The summed E-state index contributed by atoms with van der Waals surface area (Å²) in [6.07, 6.45) is 3.57. The molecule has 0 radical (unpaired) electrons. The second kappa shape index (κ2) is 6.19. The number of rotatable bonds is 3. The quantitative estimate of drug-likeness (QED) is 0.929. The van der Waals surface area contributed by atoms with Crippen molar-refractivity contribution in [1.82, 2.24) is 10.2 Å². The molecule has 2 aliphatic heterocycles. The lowest BCUT2D eigenvalue weighted by atomic mass is 10.1. The summed E-state index contributed by atoms with van der Waals surface area (Å²) < 4.78 is 0. The van der Waals surface area contributed by atoms with E-state index in [0.29, 0.717) is 6.04 Å². The van der Waals surface area contributed by atoms with Crippen LogP contribution in [0.5, 0.6) is 0 Å². The number of piperidine rings is 1. The van der Waals surface area contributed by atoms with Crippen LogP contribution in [0.4, 0.5) is 0 Å². The van der Waals surface area contributed by atoms with E-state index in [2.05, 4.69) is 29.6 Å². The summed E-state index contributed by atoms with van der Waals surface area (Å²) in [6.45, 7) is 3.87. The summed E-state index contributed by atoms with van der Waals surface area (Å²) in [5.74, 6) is 1.29. The Morgan fingerprint density at radius 1 is 1.30 bits per heavy atom. The van der Waals surface area contributed by atoms with Crippen molar-refractivity contribution in [2.45, 2.75) is 43.2 Å². The molecule has 3 rings (SSSR count). The van der Waals surface area contributed by atoms with Gasteiger partial charge in [-0.25, -0.2) is 0 Å². The molecule has 20 heavy (non-hydrogen) atoms. The van der Waals surface area contributed by atoms with Crippen LogP contribution in [-0.2, 0) is 4.79 Å². The van der Waals surface area contributed by atoms with Crippen molar-refractivity contribution in [3.63, 3.8) is 0 Å². The van der Waals surface area contributed by atoms with Gasteiger partial charge in [-0.15, -0.1) is 11.8 Å². The first-order valence-electron chi connectivity index (χ1n) is 7.52. The molecule has 1 amide bonds. The average Bonchev–Trinajstić information content (AvgIpc) is 2.91. The molecule has 0 aromatic heterocycles. The molecule has 108 valence electrons. The molecule has 2 heterocycles. The van der Waals surface area contributed by atoms with Gasteiger partial charge < -0.3 is 4.90 Å². The summed E-state index contributed by atoms with van der Waals surface area (Å²) in [7, 11) is 0. The highest BCUT2D eigenvalue weighted by molar-refractivity contribution is 7.99. The number of nitrogens with one attached hydrogen (secondary N) is 1. The van der Waals surface area contributed by atoms with Gasteiger partial charge in [0, 0.05) is 29.8 Å². The summed E-state index contributed by atoms with van der Waals surface area (Å²) in [4.78, 5) is 15.8. The van der Waals surface area contributed by atoms with Gasteiger partial charge in [-0.3, -0.25) is 10.1 Å². The summed E-state index contributed by atoms with van der Waals surface area (Å²) in [6, 6.07) is 8.71. The van der Waals surface area contributed by atoms with Gasteiger partial charge in [0.25, 0.3) is 0 Å². The lowest BCUT2D eigenvalue weighted by Crippen LogP contribution is -2.47. The Hall–Kier alpha value is -1.00. The van der Waals surface area contributed by atoms with E-state index in [1.165, 1.54) is 16.9 Å². The molecule has 3 nitrogen and oxygen atoms in total. The van der Waals surface area contributed by atoms with Crippen LogP contribution in [0.15, 0.2) is 29.2 Å². The molecule has 2 unspecified atom stereocenters. The number of likely N-dealkylation sites (tertiary alicyclic amines) is 1. The Labute approximate surface area is 125 Å². The molecule has 1 aromatic carbocycles. The van der Waals surface area contributed by atoms with Crippen LogP contribution >= 0.6 is 11.8 Å². The maximum Gasteiger partial charge on any atom is 0.239 e. The fourth-order valence-corrected chi connectivity index (χ4v) is 4.24. The maximum absolute atomic E-state index is 12.5. The van der Waals surface area contributed by atoms with Crippen molar-refractivity contribution in [2.75, 3.05) is 18.8 Å². The number of nitrogens with zero attached hydrogens (tertiary/aromatic N) is 1. The minimum atomic E-state index is -0.0927. The Morgan fingerprint density at radius 3 is 2.85 bits per heavy atom. The van der Waals surface area contributed by atoms with Crippen LogP contribution < -0.4 is 5.32 Å². The van der Waals surface area contributed by atoms with Crippen LogP contribution in [0.3, 0.4) is 0 Å². The van der Waals surface area contributed by atoms with E-state index in [1.807, 2.05) is 23.6 Å². The number of benzene rings is 1. The first kappa shape index (κ1) is 14.0. The minimum Gasteiger partial charge on any atom is -0.341 e. The fourth-order valence-electron chi connectivity index (χ4n) is 3.06. The van der Waals surface area contributed by atoms with Crippen LogP contribution in [0.25, 0.3) is 0 Å². The third-order valence-corrected chi connectivity index (χ3v) is 5.37. The molecule has 2 atom stereocenters. The van der Waals surface area contributed by atoms with Gasteiger partial charge in [0.05, 0.1) is 6.04 Å². The number of hydrogen-bond acceptors (Lipinski definition) is 3. The highest BCUT2D eigenvalue weighted by Gasteiger charge is 2.28. The molecule has 0 spiro atoms. The van der Waals surface area contributed by atoms with Crippen molar-refractivity contribution in [3.05, 3.63) is 29.8 Å². The minimum absolute atomic E-state index is 0.0927. The van der Waals surface area contributed by atoms with Gasteiger partial charge in [-0.2, -0.15) is 0 Å². The second-order valence-corrected chi connectivity index (χ2v) is 6.74. The molecular formula is C16H22N2OS. The van der Waals surface area contributed by atoms with E-state index in [0.717, 1.165) is 31.7 Å². The number of amides is 1. The zero-order valence-electron chi connectivity index (χ0n) is 12.0. The zero-order valence-corrected chi connectivity index (χ0v) is 12.8. The van der Waals surface area contributed by atoms with Crippen LogP contribution in [0.1, 0.15) is 37.8 Å². The molecule has 0 saturated carbocycles. The van der Waals surface area contributed by atoms with E-state index >= 15 is 0 Å². The van der Waals surface area contributed by atoms with Gasteiger partial charge in [0.1, 0.15) is 0 Å². The van der Waals surface area contributed by atoms with Gasteiger partial charge >= 0.3 is 0 Å². The number of hydrogen-bond donors (Lipinski definition) is 1. The van der Waals surface area contributed by atoms with Crippen molar-refractivity contribution in [3.8, 4) is 0 Å². The molecular weight excluding hydrogens is 268 g/mol. The molecule has 1 fully saturated rings. The topological polar surface area (TPSA) is 32.3 Å². The van der Waals surface area contributed by atoms with Gasteiger partial charge in [0.2, 0.25) is 5.91 Å². The SMILES string of the molecule is CC(NC1CSc2ccccc21)C(=O)N1CCCCC1. The Morgan fingerprint density at radius 2 is 2.05 bits per heavy atom. The average molecular weight is 290 g/mol. The van der Waals surface area contributed by atoms with Crippen LogP contribution in [0.2, 0.25) is 0 Å². The number of thioether (sulfide) groups is 1. The Bertz CT molecular complexity index is 485. The number of carbonyl (C=O) groups excluding carboxylic acids is 1. The van der Waals surface area contributed by atoms with Crippen molar-refractivity contribution in [1.29, 1.82) is 0 Å². The summed E-state index contributed by atoms with van der Waals surface area (Å²) in [5.41, 5.74) is 1.34. The fraction of sp³-hybridized carbons (Fsp3) is 0.562. The first-order chi connectivity index (χ1) is 9.75. The Balaban J connectivity index is 1.62. The van der Waals surface area contributed by atoms with Gasteiger partial charge in [0.15, 0.2) is 0 Å². The highest BCUT2D eigenvalue weighted by Crippen LogP contribution is 2.37. The van der Waals surface area contributed by atoms with Crippen LogP contribution in [0, 0.1) is 0 Å². The van der Waals surface area contributed by atoms with Gasteiger partial charge in [-0.1, -0.05) is 18.2 Å². The molecule has 0 bridgehead atoms. The molecule has 1 saturated heterocycles. The summed E-state index contributed by atoms with van der Waals surface area (Å²) in [5, 5.41) is 3.52. The lowest BCUT2D eigenvalue weighted by molar-refractivity contribution is -0.134. The first-order valence-corrected chi connectivity index (χ1v) is 8.51. The van der Waals surface area contributed by atoms with E-state index in [9.17, 15) is 4.79 Å². The standard InChI is InChI=1S/C16H22N2OS/c1-12(16(19)18-9-5-2-6-10-18)17-14-11-20-15-8-4-3-7-13(14)15/h3-4,7-8,12,14,17H,2,5-6,9-11H2,1H3. The monoisotopic (exact) mass is 290 g/mol. The molecule has 1 N–H and O–H groups in total. The molecule has 0 aliphatic carbocycles. The van der Waals surface area contributed by atoms with Crippen molar-refractivity contribution < 1.29 is 4.79 Å². The zero-order chi connectivity index (χ0) is 13.9. The third kappa shape index (κ3) is 2.86. The molecule has 1 aromatic rings. The third-order valence-electron chi connectivity index (χ3n) is 4.19. The Kier molecular flexibility index (Phi) is 4.32. The number of fused-ring (bicyclic) bond motifs is 1. The van der Waals surface area contributed by atoms with Crippen LogP contribution in [-0.4, -0.2) is 35.7 Å². The normalized spacial score (nSPS) is 23.4. The predicted octanol–water partition coefficient (Wildman–Crippen LogP) is 2.82. The molecule has 2 aliphatic rings. The van der Waals surface area contributed by atoms with Gasteiger partial charge in [-0.05, 0) is 37.8 Å². The van der Waals surface area contributed by atoms with Crippen molar-refractivity contribution >= 4 is 17.7 Å². The smallest absolute Gasteiger partial charge is 0.239 e. The van der Waals surface area contributed by atoms with E-state index in [4.69, 9.17) is 0 Å². The maximum atomic E-state index is 12.5. The predicted molar refractivity (Wildman–Crippen MR) is 82.9 cm³/mol. The number of carbonyl (C=O) groups is 1. The molecule has 4 heteroatoms. The lowest BCUT2D eigenvalue weighted by Gasteiger charge is -2.30. The highest BCUT2D eigenvalue weighted by atomic mass is 32.2. The summed E-state index contributed by atoms with van der Waals surface area (Å²) >= 11 is 1.88. The van der Waals surface area contributed by atoms with Crippen molar-refractivity contribution in [2.24, 2.45) is 0 Å². The largest absolute Gasteiger partial charge is 0.341 e. The van der Waals surface area contributed by atoms with E-state index < -0.39 is 0 Å². The van der Waals surface area contributed by atoms with E-state index in [-0.39, 0.29) is 11.9 Å².